The molecular weight excluding hydrogens is 262 g/mol. The highest BCUT2D eigenvalue weighted by molar-refractivity contribution is 7.92. The predicted molar refractivity (Wildman–Crippen MR) is 74.1 cm³/mol. The minimum Gasteiger partial charge on any atom is -0.326 e. The number of nitrogens with two attached hydrogens (primary N) is 1. The number of nitrogens with zero attached hydrogens (tertiary/aromatic N) is 1. The Balaban J connectivity index is 2.40. The Morgan fingerprint density at radius 1 is 1.21 bits per heavy atom. The third-order valence-corrected chi connectivity index (χ3v) is 4.31. The Hall–Kier alpha value is -1.92. The van der Waals surface area contributed by atoms with Crippen molar-refractivity contribution >= 4 is 15.8 Å². The van der Waals surface area contributed by atoms with Crippen LogP contribution in [0.15, 0.2) is 47.5 Å². The van der Waals surface area contributed by atoms with Gasteiger partial charge in [0.2, 0.25) is 0 Å². The molecule has 100 valence electrons. The Morgan fingerprint density at radius 2 is 2.00 bits per heavy atom. The van der Waals surface area contributed by atoms with Gasteiger partial charge in [-0.3, -0.25) is 4.72 Å². The van der Waals surface area contributed by atoms with Crippen LogP contribution in [-0.2, 0) is 16.6 Å². The molecule has 0 saturated carbocycles. The van der Waals surface area contributed by atoms with Crippen LogP contribution in [0.4, 0.5) is 5.82 Å². The summed E-state index contributed by atoms with van der Waals surface area (Å²) in [5.41, 5.74) is 7.06. The van der Waals surface area contributed by atoms with Gasteiger partial charge in [0.05, 0.1) is 4.90 Å². The number of nitrogens with one attached hydrogen (secondary N) is 1. The van der Waals surface area contributed by atoms with E-state index in [0.29, 0.717) is 17.9 Å². The molecule has 0 fully saturated rings. The molecular formula is C13H15N3O2S. The number of hydrogen-bond donors (Lipinski definition) is 2. The Bertz CT molecular complexity index is 670. The van der Waals surface area contributed by atoms with Crippen molar-refractivity contribution in [2.24, 2.45) is 5.73 Å². The molecule has 2 rings (SSSR count). The van der Waals surface area contributed by atoms with Crippen molar-refractivity contribution in [3.05, 3.63) is 53.7 Å². The lowest BCUT2D eigenvalue weighted by Gasteiger charge is -2.12. The van der Waals surface area contributed by atoms with Crippen LogP contribution in [0, 0.1) is 6.92 Å². The van der Waals surface area contributed by atoms with Gasteiger partial charge in [-0.15, -0.1) is 0 Å². The van der Waals surface area contributed by atoms with E-state index in [4.69, 9.17) is 5.73 Å². The molecule has 0 spiro atoms. The van der Waals surface area contributed by atoms with E-state index in [1.807, 2.05) is 6.07 Å². The molecule has 0 radical (unpaired) electrons. The first-order valence-corrected chi connectivity index (χ1v) is 7.25. The first-order valence-electron chi connectivity index (χ1n) is 5.77. The normalized spacial score (nSPS) is 11.3. The van der Waals surface area contributed by atoms with E-state index in [2.05, 4.69) is 9.71 Å². The number of pyridine rings is 1. The lowest BCUT2D eigenvalue weighted by atomic mass is 10.1. The largest absolute Gasteiger partial charge is 0.326 e. The van der Waals surface area contributed by atoms with E-state index < -0.39 is 10.0 Å². The maximum atomic E-state index is 12.3. The van der Waals surface area contributed by atoms with Gasteiger partial charge in [0.25, 0.3) is 10.0 Å². The molecule has 5 nitrogen and oxygen atoms in total. The molecule has 19 heavy (non-hydrogen) atoms. The highest BCUT2D eigenvalue weighted by atomic mass is 32.2. The molecule has 1 aromatic carbocycles. The highest BCUT2D eigenvalue weighted by Gasteiger charge is 2.18. The fraction of sp³-hybridized carbons (Fsp3) is 0.154. The van der Waals surface area contributed by atoms with Gasteiger partial charge < -0.3 is 5.73 Å². The van der Waals surface area contributed by atoms with Crippen LogP contribution < -0.4 is 10.5 Å². The summed E-state index contributed by atoms with van der Waals surface area (Å²) < 4.78 is 27.0. The van der Waals surface area contributed by atoms with Crippen LogP contribution in [0.3, 0.4) is 0 Å². The Morgan fingerprint density at radius 3 is 2.63 bits per heavy atom. The zero-order valence-corrected chi connectivity index (χ0v) is 11.3. The average molecular weight is 277 g/mol. The summed E-state index contributed by atoms with van der Waals surface area (Å²) in [6.45, 7) is 2.05. The van der Waals surface area contributed by atoms with Crippen molar-refractivity contribution < 1.29 is 8.42 Å². The number of aromatic nitrogens is 1. The van der Waals surface area contributed by atoms with Gasteiger partial charge in [-0.2, -0.15) is 0 Å². The fourth-order valence-corrected chi connectivity index (χ4v) is 3.09. The van der Waals surface area contributed by atoms with Gasteiger partial charge in [0.1, 0.15) is 5.82 Å². The Labute approximate surface area is 112 Å². The molecule has 6 heteroatoms. The van der Waals surface area contributed by atoms with Crippen LogP contribution in [0.1, 0.15) is 11.1 Å². The second kappa shape index (κ2) is 5.38. The van der Waals surface area contributed by atoms with E-state index in [1.54, 1.807) is 37.3 Å². The SMILES string of the molecule is Cc1c(CN)cccc1S(=O)(=O)Nc1ccccn1. The molecule has 2 aromatic rings. The number of rotatable bonds is 4. The van der Waals surface area contributed by atoms with Crippen LogP contribution in [0.5, 0.6) is 0 Å². The second-order valence-electron chi connectivity index (χ2n) is 4.06. The van der Waals surface area contributed by atoms with Crippen molar-refractivity contribution in [2.45, 2.75) is 18.4 Å². The fourth-order valence-electron chi connectivity index (χ4n) is 1.79. The van der Waals surface area contributed by atoms with Crippen molar-refractivity contribution in [1.29, 1.82) is 0 Å². The maximum absolute atomic E-state index is 12.3. The molecule has 0 aliphatic carbocycles. The summed E-state index contributed by atoms with van der Waals surface area (Å²) in [6, 6.07) is 10.1. The van der Waals surface area contributed by atoms with Crippen LogP contribution >= 0.6 is 0 Å². The Kier molecular flexibility index (Phi) is 3.82. The highest BCUT2D eigenvalue weighted by Crippen LogP contribution is 2.20. The molecule has 0 aliphatic rings. The minimum absolute atomic E-state index is 0.223. The molecule has 0 saturated heterocycles. The monoisotopic (exact) mass is 277 g/mol. The summed E-state index contributed by atoms with van der Waals surface area (Å²) in [6.07, 6.45) is 1.53. The topological polar surface area (TPSA) is 85.1 Å². The van der Waals surface area contributed by atoms with Gasteiger partial charge in [-0.25, -0.2) is 13.4 Å². The van der Waals surface area contributed by atoms with Crippen molar-refractivity contribution in [2.75, 3.05) is 4.72 Å². The number of benzene rings is 1. The quantitative estimate of drug-likeness (QED) is 0.889. The first kappa shape index (κ1) is 13.5. The summed E-state index contributed by atoms with van der Waals surface area (Å²) in [7, 11) is -3.64. The van der Waals surface area contributed by atoms with E-state index in [0.717, 1.165) is 5.56 Å². The van der Waals surface area contributed by atoms with Crippen molar-refractivity contribution in [3.63, 3.8) is 0 Å². The molecule has 3 N–H and O–H groups in total. The lowest BCUT2D eigenvalue weighted by Crippen LogP contribution is -2.16. The van der Waals surface area contributed by atoms with Gasteiger partial charge in [0.15, 0.2) is 0 Å². The number of anilines is 1. The molecule has 0 unspecified atom stereocenters. The maximum Gasteiger partial charge on any atom is 0.263 e. The van der Waals surface area contributed by atoms with Gasteiger partial charge >= 0.3 is 0 Å². The van der Waals surface area contributed by atoms with E-state index in [1.165, 1.54) is 6.20 Å². The van der Waals surface area contributed by atoms with Crippen LogP contribution in [0.25, 0.3) is 0 Å². The first-order chi connectivity index (χ1) is 9.04. The summed E-state index contributed by atoms with van der Waals surface area (Å²) >= 11 is 0. The molecule has 0 atom stereocenters. The zero-order chi connectivity index (χ0) is 13.9. The van der Waals surface area contributed by atoms with Gasteiger partial charge in [-0.05, 0) is 36.2 Å². The second-order valence-corrected chi connectivity index (χ2v) is 5.72. The average Bonchev–Trinajstić information content (AvgIpc) is 2.39. The molecule has 1 heterocycles. The standard InChI is InChI=1S/C13H15N3O2S/c1-10-11(9-14)5-4-6-12(10)19(17,18)16-13-7-2-3-8-15-13/h2-8H,9,14H2,1H3,(H,15,16). The van der Waals surface area contributed by atoms with Crippen molar-refractivity contribution in [1.82, 2.24) is 4.98 Å². The van der Waals surface area contributed by atoms with E-state index >= 15 is 0 Å². The predicted octanol–water partition coefficient (Wildman–Crippen LogP) is 1.65. The summed E-state index contributed by atoms with van der Waals surface area (Å²) in [5, 5.41) is 0. The summed E-state index contributed by atoms with van der Waals surface area (Å²) in [4.78, 5) is 4.17. The van der Waals surface area contributed by atoms with Gasteiger partial charge in [-0.1, -0.05) is 18.2 Å². The van der Waals surface area contributed by atoms with Crippen LogP contribution in [-0.4, -0.2) is 13.4 Å². The number of hydrogen-bond acceptors (Lipinski definition) is 4. The molecule has 0 bridgehead atoms. The van der Waals surface area contributed by atoms with E-state index in [-0.39, 0.29) is 4.90 Å². The molecule has 1 aromatic heterocycles. The zero-order valence-electron chi connectivity index (χ0n) is 10.5. The smallest absolute Gasteiger partial charge is 0.263 e. The van der Waals surface area contributed by atoms with Gasteiger partial charge in [0, 0.05) is 12.7 Å². The van der Waals surface area contributed by atoms with Crippen LogP contribution in [0.2, 0.25) is 0 Å². The lowest BCUT2D eigenvalue weighted by molar-refractivity contribution is 0.600. The molecule has 0 aliphatic heterocycles. The van der Waals surface area contributed by atoms with E-state index in [9.17, 15) is 8.42 Å². The van der Waals surface area contributed by atoms with Crippen molar-refractivity contribution in [3.8, 4) is 0 Å². The number of sulfonamides is 1. The minimum atomic E-state index is -3.64. The molecule has 0 amide bonds. The third kappa shape index (κ3) is 2.91. The third-order valence-electron chi connectivity index (χ3n) is 2.81. The summed E-state index contributed by atoms with van der Waals surface area (Å²) in [5.74, 6) is 0.292.